The summed E-state index contributed by atoms with van der Waals surface area (Å²) in [7, 11) is -3.60. The van der Waals surface area contributed by atoms with Crippen molar-refractivity contribution in [3.05, 3.63) is 28.8 Å². The van der Waals surface area contributed by atoms with Crippen LogP contribution in [0.3, 0.4) is 0 Å². The van der Waals surface area contributed by atoms with E-state index in [-0.39, 0.29) is 18.4 Å². The Morgan fingerprint density at radius 3 is 2.36 bits per heavy atom. The van der Waals surface area contributed by atoms with Crippen LogP contribution in [0.1, 0.15) is 43.4 Å². The van der Waals surface area contributed by atoms with Crippen molar-refractivity contribution in [2.75, 3.05) is 39.3 Å². The molecule has 2 rings (SSSR count). The number of sulfonamides is 1. The fourth-order valence-electron chi connectivity index (χ4n) is 4.10. The summed E-state index contributed by atoms with van der Waals surface area (Å²) in [6, 6.07) is 3.81. The van der Waals surface area contributed by atoms with Crippen LogP contribution in [0.5, 0.6) is 0 Å². The van der Waals surface area contributed by atoms with E-state index in [1.165, 1.54) is 4.31 Å². The first-order valence-electron chi connectivity index (χ1n) is 10.3. The monoisotopic (exact) mass is 409 g/mol. The Hall–Kier alpha value is -1.44. The molecule has 1 fully saturated rings. The van der Waals surface area contributed by atoms with Crippen LogP contribution in [0.2, 0.25) is 0 Å². The van der Waals surface area contributed by atoms with E-state index in [2.05, 4.69) is 24.1 Å². The van der Waals surface area contributed by atoms with Gasteiger partial charge in [0.05, 0.1) is 10.8 Å². The number of hydrogen-bond donors (Lipinski definition) is 1. The molecule has 28 heavy (non-hydrogen) atoms. The van der Waals surface area contributed by atoms with Crippen LogP contribution >= 0.6 is 0 Å². The van der Waals surface area contributed by atoms with Crippen molar-refractivity contribution in [2.24, 2.45) is 5.92 Å². The number of benzene rings is 1. The molecule has 0 bridgehead atoms. The second kappa shape index (κ2) is 9.85. The highest BCUT2D eigenvalue weighted by Gasteiger charge is 2.34. The normalized spacial score (nSPS) is 18.4. The average Bonchev–Trinajstić information content (AvgIpc) is 2.64. The second-order valence-electron chi connectivity index (χ2n) is 7.75. The van der Waals surface area contributed by atoms with Gasteiger partial charge in [0.1, 0.15) is 0 Å². The van der Waals surface area contributed by atoms with Crippen LogP contribution in [0.4, 0.5) is 0 Å². The van der Waals surface area contributed by atoms with E-state index in [1.54, 1.807) is 0 Å². The Morgan fingerprint density at radius 2 is 1.79 bits per heavy atom. The number of piperidine rings is 1. The molecule has 1 atom stereocenters. The van der Waals surface area contributed by atoms with E-state index in [0.29, 0.717) is 24.4 Å². The largest absolute Gasteiger partial charge is 0.355 e. The number of hydrogen-bond acceptors (Lipinski definition) is 4. The molecule has 0 unspecified atom stereocenters. The maximum absolute atomic E-state index is 13.3. The van der Waals surface area contributed by atoms with Crippen LogP contribution < -0.4 is 5.32 Å². The number of carbonyl (C=O) groups excluding carboxylic acids is 1. The molecule has 0 radical (unpaired) electrons. The number of carbonyl (C=O) groups is 1. The zero-order chi connectivity index (χ0) is 20.9. The molecule has 6 nitrogen and oxygen atoms in total. The van der Waals surface area contributed by atoms with Gasteiger partial charge in [-0.1, -0.05) is 31.5 Å². The molecule has 1 aliphatic heterocycles. The number of nitrogens with zero attached hydrogens (tertiary/aromatic N) is 2. The van der Waals surface area contributed by atoms with Crippen LogP contribution in [-0.4, -0.2) is 62.8 Å². The first kappa shape index (κ1) is 22.8. The highest BCUT2D eigenvalue weighted by Crippen LogP contribution is 2.28. The third-order valence-electron chi connectivity index (χ3n) is 5.58. The highest BCUT2D eigenvalue weighted by atomic mass is 32.2. The van der Waals surface area contributed by atoms with Gasteiger partial charge in [-0.05, 0) is 57.8 Å². The topological polar surface area (TPSA) is 69.7 Å². The van der Waals surface area contributed by atoms with Gasteiger partial charge in [-0.2, -0.15) is 4.31 Å². The predicted octanol–water partition coefficient (Wildman–Crippen LogP) is 2.47. The number of nitrogens with one attached hydrogen (secondary N) is 1. The summed E-state index contributed by atoms with van der Waals surface area (Å²) in [4.78, 5) is 15.2. The molecule has 1 N–H and O–H groups in total. The van der Waals surface area contributed by atoms with Crippen molar-refractivity contribution < 1.29 is 13.2 Å². The lowest BCUT2D eigenvalue weighted by atomic mass is 9.99. The van der Waals surface area contributed by atoms with Crippen LogP contribution in [0.25, 0.3) is 0 Å². The molecule has 0 spiro atoms. The lowest BCUT2D eigenvalue weighted by molar-refractivity contribution is -0.126. The van der Waals surface area contributed by atoms with E-state index < -0.39 is 10.0 Å². The van der Waals surface area contributed by atoms with Gasteiger partial charge in [-0.25, -0.2) is 8.42 Å². The summed E-state index contributed by atoms with van der Waals surface area (Å²) in [6.07, 6.45) is 1.44. The summed E-state index contributed by atoms with van der Waals surface area (Å²) in [5, 5.41) is 2.99. The van der Waals surface area contributed by atoms with Gasteiger partial charge in [-0.15, -0.1) is 0 Å². The smallest absolute Gasteiger partial charge is 0.243 e. The Bertz CT molecular complexity index is 765. The van der Waals surface area contributed by atoms with Crippen LogP contribution in [-0.2, 0) is 14.8 Å². The molecule has 0 aliphatic carbocycles. The van der Waals surface area contributed by atoms with Gasteiger partial charge >= 0.3 is 0 Å². The molecular formula is C21H35N3O3S. The molecule has 0 aromatic heterocycles. The minimum absolute atomic E-state index is 0.0376. The third-order valence-corrected chi connectivity index (χ3v) is 7.75. The molecule has 1 heterocycles. The zero-order valence-electron chi connectivity index (χ0n) is 17.9. The minimum atomic E-state index is -3.60. The van der Waals surface area contributed by atoms with Crippen molar-refractivity contribution in [3.63, 3.8) is 0 Å². The summed E-state index contributed by atoms with van der Waals surface area (Å²) in [6.45, 7) is 13.9. The Balaban J connectivity index is 2.07. The molecule has 158 valence electrons. The summed E-state index contributed by atoms with van der Waals surface area (Å²) in [5.41, 5.74) is 2.59. The van der Waals surface area contributed by atoms with E-state index >= 15 is 0 Å². The zero-order valence-corrected chi connectivity index (χ0v) is 18.7. The lowest BCUT2D eigenvalue weighted by Crippen LogP contribution is -2.46. The van der Waals surface area contributed by atoms with E-state index in [9.17, 15) is 13.2 Å². The molecule has 1 amide bonds. The van der Waals surface area contributed by atoms with Gasteiger partial charge < -0.3 is 10.2 Å². The molecule has 7 heteroatoms. The molecule has 1 aromatic rings. The fourth-order valence-corrected chi connectivity index (χ4v) is 6.03. The number of rotatable bonds is 8. The highest BCUT2D eigenvalue weighted by molar-refractivity contribution is 7.89. The standard InChI is InChI=1S/C21H35N3O3S/c1-6-23(7-2)12-10-22-21(25)19-9-8-11-24(15-19)28(26,27)20-17(4)13-16(3)14-18(20)5/h13-14,19H,6-12,15H2,1-5H3,(H,22,25)/t19-/m1/s1. The fraction of sp³-hybridized carbons (Fsp3) is 0.667. The molecule has 1 aliphatic rings. The number of amides is 1. The van der Waals surface area contributed by atoms with Gasteiger partial charge in [0, 0.05) is 26.2 Å². The number of likely N-dealkylation sites (N-methyl/N-ethyl adjacent to an activating group) is 1. The summed E-state index contributed by atoms with van der Waals surface area (Å²) in [5.74, 6) is -0.323. The molecular weight excluding hydrogens is 374 g/mol. The van der Waals surface area contributed by atoms with Crippen LogP contribution in [0, 0.1) is 26.7 Å². The maximum Gasteiger partial charge on any atom is 0.243 e. The van der Waals surface area contributed by atoms with E-state index in [0.717, 1.165) is 42.7 Å². The molecule has 0 saturated carbocycles. The second-order valence-corrected chi connectivity index (χ2v) is 9.62. The number of aryl methyl sites for hydroxylation is 3. The van der Waals surface area contributed by atoms with Gasteiger partial charge in [-0.3, -0.25) is 4.79 Å². The Morgan fingerprint density at radius 1 is 1.18 bits per heavy atom. The summed E-state index contributed by atoms with van der Waals surface area (Å²) >= 11 is 0. The van der Waals surface area contributed by atoms with Crippen molar-refractivity contribution in [1.29, 1.82) is 0 Å². The Kier molecular flexibility index (Phi) is 8.04. The third kappa shape index (κ3) is 5.33. The maximum atomic E-state index is 13.3. The van der Waals surface area contributed by atoms with Crippen molar-refractivity contribution in [3.8, 4) is 0 Å². The summed E-state index contributed by atoms with van der Waals surface area (Å²) < 4.78 is 28.0. The molecule has 1 aromatic carbocycles. The SMILES string of the molecule is CCN(CC)CCNC(=O)[C@@H]1CCCN(S(=O)(=O)c2c(C)cc(C)cc2C)C1. The van der Waals surface area contributed by atoms with Crippen LogP contribution in [0.15, 0.2) is 17.0 Å². The first-order chi connectivity index (χ1) is 13.2. The van der Waals surface area contributed by atoms with Crippen molar-refractivity contribution in [1.82, 2.24) is 14.5 Å². The van der Waals surface area contributed by atoms with Crippen molar-refractivity contribution in [2.45, 2.75) is 52.4 Å². The molecule has 1 saturated heterocycles. The quantitative estimate of drug-likeness (QED) is 0.716. The lowest BCUT2D eigenvalue weighted by Gasteiger charge is -2.32. The van der Waals surface area contributed by atoms with Crippen molar-refractivity contribution >= 4 is 15.9 Å². The first-order valence-corrected chi connectivity index (χ1v) is 11.7. The van der Waals surface area contributed by atoms with Gasteiger partial charge in [0.2, 0.25) is 15.9 Å². The predicted molar refractivity (Wildman–Crippen MR) is 113 cm³/mol. The minimum Gasteiger partial charge on any atom is -0.355 e. The van der Waals surface area contributed by atoms with Gasteiger partial charge in [0.15, 0.2) is 0 Å². The Labute approximate surface area is 170 Å². The van der Waals surface area contributed by atoms with E-state index in [1.807, 2.05) is 32.9 Å². The average molecular weight is 410 g/mol. The van der Waals surface area contributed by atoms with Gasteiger partial charge in [0.25, 0.3) is 0 Å². The van der Waals surface area contributed by atoms with E-state index in [4.69, 9.17) is 0 Å².